The lowest BCUT2D eigenvalue weighted by atomic mass is 10.1. The molecule has 1 heterocycles. The summed E-state index contributed by atoms with van der Waals surface area (Å²) in [5.74, 6) is -0.793. The zero-order valence-electron chi connectivity index (χ0n) is 17.8. The van der Waals surface area contributed by atoms with Crippen molar-refractivity contribution >= 4 is 29.0 Å². The zero-order chi connectivity index (χ0) is 22.4. The zero-order valence-corrected chi connectivity index (χ0v) is 17.8. The number of rotatable bonds is 7. The fourth-order valence-corrected chi connectivity index (χ4v) is 3.42. The molecule has 1 aliphatic rings. The lowest BCUT2D eigenvalue weighted by Gasteiger charge is -2.36. The Labute approximate surface area is 181 Å². The fraction of sp³-hybridized carbons (Fsp3) is 0.348. The number of carbonyl (C=O) groups is 3. The highest BCUT2D eigenvalue weighted by atomic mass is 19.1. The van der Waals surface area contributed by atoms with Gasteiger partial charge in [0, 0.05) is 50.2 Å². The second kappa shape index (κ2) is 10.2. The number of piperazine rings is 1. The highest BCUT2D eigenvalue weighted by Gasteiger charge is 2.21. The lowest BCUT2D eigenvalue weighted by Crippen LogP contribution is -2.50. The first-order valence-corrected chi connectivity index (χ1v) is 10.2. The van der Waals surface area contributed by atoms with Crippen molar-refractivity contribution in [3.63, 3.8) is 0 Å². The van der Waals surface area contributed by atoms with E-state index < -0.39 is 0 Å². The number of halogens is 1. The molecule has 31 heavy (non-hydrogen) atoms. The summed E-state index contributed by atoms with van der Waals surface area (Å²) in [6.07, 6.45) is 0. The summed E-state index contributed by atoms with van der Waals surface area (Å²) in [4.78, 5) is 41.7. The van der Waals surface area contributed by atoms with Gasteiger partial charge in [-0.2, -0.15) is 0 Å². The van der Waals surface area contributed by atoms with Gasteiger partial charge in [-0.05, 0) is 55.5 Å². The van der Waals surface area contributed by atoms with Crippen molar-refractivity contribution < 1.29 is 18.8 Å². The Morgan fingerprint density at radius 1 is 0.968 bits per heavy atom. The second-order valence-corrected chi connectivity index (χ2v) is 7.67. The third-order valence-corrected chi connectivity index (χ3v) is 5.30. The quantitative estimate of drug-likeness (QED) is 0.688. The maximum absolute atomic E-state index is 12.9. The van der Waals surface area contributed by atoms with Gasteiger partial charge in [-0.15, -0.1) is 0 Å². The second-order valence-electron chi connectivity index (χ2n) is 7.67. The average Bonchev–Trinajstić information content (AvgIpc) is 2.76. The molecule has 8 heteroatoms. The molecule has 2 aromatic carbocycles. The number of amides is 2. The van der Waals surface area contributed by atoms with Gasteiger partial charge in [-0.3, -0.25) is 19.3 Å². The number of Topliss-reactive ketones (excluding diaryl/α,β-unsaturated/α-hetero) is 1. The third-order valence-electron chi connectivity index (χ3n) is 5.30. The molecule has 2 amide bonds. The van der Waals surface area contributed by atoms with E-state index in [1.165, 1.54) is 29.2 Å². The summed E-state index contributed by atoms with van der Waals surface area (Å²) < 4.78 is 12.9. The van der Waals surface area contributed by atoms with Gasteiger partial charge in [0.1, 0.15) is 5.82 Å². The SMILES string of the molecule is CC(=O)c1ccc(N2CCN(CC(=O)N(C)CC(=O)Nc3ccc(F)cc3)CC2)cc1. The lowest BCUT2D eigenvalue weighted by molar-refractivity contribution is -0.134. The van der Waals surface area contributed by atoms with E-state index in [1.54, 1.807) is 14.0 Å². The monoisotopic (exact) mass is 426 g/mol. The maximum Gasteiger partial charge on any atom is 0.243 e. The average molecular weight is 426 g/mol. The molecular weight excluding hydrogens is 399 g/mol. The van der Waals surface area contributed by atoms with Crippen LogP contribution in [0.25, 0.3) is 0 Å². The van der Waals surface area contributed by atoms with E-state index in [0.717, 1.165) is 31.9 Å². The van der Waals surface area contributed by atoms with E-state index in [4.69, 9.17) is 0 Å². The molecule has 0 unspecified atom stereocenters. The van der Waals surface area contributed by atoms with Gasteiger partial charge in [0.05, 0.1) is 13.1 Å². The van der Waals surface area contributed by atoms with Gasteiger partial charge >= 0.3 is 0 Å². The largest absolute Gasteiger partial charge is 0.369 e. The summed E-state index contributed by atoms with van der Waals surface area (Å²) >= 11 is 0. The molecule has 0 atom stereocenters. The Hall–Kier alpha value is -3.26. The summed E-state index contributed by atoms with van der Waals surface area (Å²) in [7, 11) is 1.60. The number of carbonyl (C=O) groups excluding carboxylic acids is 3. The molecule has 0 radical (unpaired) electrons. The molecule has 1 aliphatic heterocycles. The number of likely N-dealkylation sites (N-methyl/N-ethyl adjacent to an activating group) is 1. The molecule has 3 rings (SSSR count). The smallest absolute Gasteiger partial charge is 0.243 e. The van der Waals surface area contributed by atoms with Crippen LogP contribution in [-0.4, -0.2) is 73.7 Å². The number of nitrogens with one attached hydrogen (secondary N) is 1. The first-order valence-electron chi connectivity index (χ1n) is 10.2. The first-order chi connectivity index (χ1) is 14.8. The molecule has 0 bridgehead atoms. The fourth-order valence-electron chi connectivity index (χ4n) is 3.42. The van der Waals surface area contributed by atoms with Crippen LogP contribution in [0.4, 0.5) is 15.8 Å². The van der Waals surface area contributed by atoms with Crippen LogP contribution in [0, 0.1) is 5.82 Å². The highest BCUT2D eigenvalue weighted by molar-refractivity contribution is 5.95. The van der Waals surface area contributed by atoms with E-state index in [1.807, 2.05) is 24.3 Å². The van der Waals surface area contributed by atoms with E-state index in [2.05, 4.69) is 15.1 Å². The van der Waals surface area contributed by atoms with Crippen LogP contribution in [0.5, 0.6) is 0 Å². The van der Waals surface area contributed by atoms with Crippen LogP contribution < -0.4 is 10.2 Å². The van der Waals surface area contributed by atoms with E-state index in [-0.39, 0.29) is 36.5 Å². The Morgan fingerprint density at radius 2 is 1.58 bits per heavy atom. The van der Waals surface area contributed by atoms with Crippen molar-refractivity contribution in [2.24, 2.45) is 0 Å². The molecular formula is C23H27FN4O3. The van der Waals surface area contributed by atoms with Gasteiger partial charge in [-0.1, -0.05) is 0 Å². The minimum atomic E-state index is -0.376. The van der Waals surface area contributed by atoms with Crippen molar-refractivity contribution in [1.82, 2.24) is 9.80 Å². The van der Waals surface area contributed by atoms with Crippen LogP contribution in [-0.2, 0) is 9.59 Å². The van der Waals surface area contributed by atoms with Crippen molar-refractivity contribution in [1.29, 1.82) is 0 Å². The number of benzene rings is 2. The van der Waals surface area contributed by atoms with Gasteiger partial charge in [0.15, 0.2) is 5.78 Å². The van der Waals surface area contributed by atoms with E-state index in [9.17, 15) is 18.8 Å². The third kappa shape index (κ3) is 6.36. The molecule has 164 valence electrons. The van der Waals surface area contributed by atoms with Gasteiger partial charge in [-0.25, -0.2) is 4.39 Å². The molecule has 7 nitrogen and oxygen atoms in total. The number of hydrogen-bond donors (Lipinski definition) is 1. The van der Waals surface area contributed by atoms with Crippen LogP contribution in [0.3, 0.4) is 0 Å². The van der Waals surface area contributed by atoms with Crippen LogP contribution in [0.2, 0.25) is 0 Å². The van der Waals surface area contributed by atoms with Crippen molar-refractivity contribution in [2.75, 3.05) is 56.5 Å². The van der Waals surface area contributed by atoms with Crippen molar-refractivity contribution in [3.8, 4) is 0 Å². The Balaban J connectivity index is 1.43. The van der Waals surface area contributed by atoms with Gasteiger partial charge in [0.25, 0.3) is 0 Å². The number of hydrogen-bond acceptors (Lipinski definition) is 5. The summed E-state index contributed by atoms with van der Waals surface area (Å²) in [5, 5.41) is 2.65. The Morgan fingerprint density at radius 3 is 2.16 bits per heavy atom. The van der Waals surface area contributed by atoms with Crippen LogP contribution >= 0.6 is 0 Å². The van der Waals surface area contributed by atoms with Crippen molar-refractivity contribution in [2.45, 2.75) is 6.92 Å². The number of ketones is 1. The number of nitrogens with zero attached hydrogens (tertiary/aromatic N) is 3. The Kier molecular flexibility index (Phi) is 7.36. The highest BCUT2D eigenvalue weighted by Crippen LogP contribution is 2.17. The minimum absolute atomic E-state index is 0.0466. The molecule has 1 N–H and O–H groups in total. The standard InChI is InChI=1S/C23H27FN4O3/c1-17(29)18-3-9-21(10-4-18)28-13-11-27(12-14-28)16-23(31)26(2)15-22(30)25-20-7-5-19(24)6-8-20/h3-10H,11-16H2,1-2H3,(H,25,30). The summed E-state index contributed by atoms with van der Waals surface area (Å²) in [6.45, 7) is 4.75. The Bertz CT molecular complexity index is 923. The number of anilines is 2. The molecule has 2 aromatic rings. The van der Waals surface area contributed by atoms with Gasteiger partial charge in [0.2, 0.25) is 11.8 Å². The molecule has 0 aromatic heterocycles. The normalized spacial score (nSPS) is 14.2. The molecule has 0 aliphatic carbocycles. The van der Waals surface area contributed by atoms with Crippen molar-refractivity contribution in [3.05, 3.63) is 59.9 Å². The molecule has 1 fully saturated rings. The molecule has 1 saturated heterocycles. The van der Waals surface area contributed by atoms with Gasteiger partial charge < -0.3 is 15.1 Å². The first kappa shape index (κ1) is 22.4. The topological polar surface area (TPSA) is 73.0 Å². The molecule has 0 spiro atoms. The van der Waals surface area contributed by atoms with Crippen LogP contribution in [0.15, 0.2) is 48.5 Å². The molecule has 0 saturated carbocycles. The maximum atomic E-state index is 12.9. The predicted molar refractivity (Wildman–Crippen MR) is 118 cm³/mol. The van der Waals surface area contributed by atoms with E-state index in [0.29, 0.717) is 11.3 Å². The summed E-state index contributed by atoms with van der Waals surface area (Å²) in [6, 6.07) is 13.0. The van der Waals surface area contributed by atoms with E-state index >= 15 is 0 Å². The minimum Gasteiger partial charge on any atom is -0.369 e. The predicted octanol–water partition coefficient (Wildman–Crippen LogP) is 2.25. The summed E-state index contributed by atoms with van der Waals surface area (Å²) in [5.41, 5.74) is 2.24. The van der Waals surface area contributed by atoms with Crippen LogP contribution in [0.1, 0.15) is 17.3 Å².